The number of hydrogen-bond donors (Lipinski definition) is 0. The Labute approximate surface area is 280 Å². The second kappa shape index (κ2) is 10.7. The van der Waals surface area contributed by atoms with Crippen molar-refractivity contribution >= 4 is 75.5 Å². The molecule has 0 fully saturated rings. The van der Waals surface area contributed by atoms with Gasteiger partial charge in [0.05, 0.1) is 22.4 Å². The lowest BCUT2D eigenvalue weighted by Gasteiger charge is -2.20. The number of hydrogen-bond acceptors (Lipinski definition) is 4. The number of benzene rings is 7. The van der Waals surface area contributed by atoms with Gasteiger partial charge in [0.1, 0.15) is 11.0 Å². The van der Waals surface area contributed by atoms with Crippen molar-refractivity contribution in [1.29, 1.82) is 0 Å². The highest BCUT2D eigenvalue weighted by Gasteiger charge is 2.23. The van der Waals surface area contributed by atoms with Crippen LogP contribution in [-0.4, -0.2) is 30.0 Å². The molecule has 0 unspecified atom stereocenters. The van der Waals surface area contributed by atoms with Gasteiger partial charge in [-0.3, -0.25) is 0 Å². The molecular weight excluding hydrogens is 700 g/mol. The Morgan fingerprint density at radius 2 is 0.761 bits per heavy atom. The van der Waals surface area contributed by atoms with Gasteiger partial charge in [0, 0.05) is 20.1 Å². The molecule has 0 saturated carbocycles. The Kier molecular flexibility index (Phi) is 6.33. The zero-order valence-electron chi connectivity index (χ0n) is 24.1. The maximum Gasteiger partial charge on any atom is 0.113 e. The normalized spacial score (nSPS) is 11.7. The largest absolute Gasteiger partial charge is 0.212 e. The molecule has 9 aromatic rings. The van der Waals surface area contributed by atoms with Crippen molar-refractivity contribution in [2.75, 3.05) is 0 Å². The monoisotopic (exact) mass is 720 g/mol. The maximum absolute atomic E-state index is 4.70. The predicted octanol–water partition coefficient (Wildman–Crippen LogP) is 10.3. The summed E-state index contributed by atoms with van der Waals surface area (Å²) in [7, 11) is 0. The summed E-state index contributed by atoms with van der Waals surface area (Å²) in [6, 6.07) is 46.1. The smallest absolute Gasteiger partial charge is 0.113 e. The van der Waals surface area contributed by atoms with Crippen LogP contribution in [0.25, 0.3) is 77.2 Å². The molecule has 0 amide bonds. The molecule has 0 spiro atoms. The lowest BCUT2D eigenvalue weighted by atomic mass is 9.93. The molecule has 0 atom stereocenters. The van der Waals surface area contributed by atoms with Crippen LogP contribution in [0, 0.1) is 0 Å². The Hall–Kier alpha value is -5.18. The number of para-hydroxylation sites is 2. The van der Waals surface area contributed by atoms with Crippen LogP contribution in [0.2, 0.25) is 0 Å². The van der Waals surface area contributed by atoms with Crippen LogP contribution >= 0.6 is 31.9 Å². The predicted molar refractivity (Wildman–Crippen MR) is 193 cm³/mol. The van der Waals surface area contributed by atoms with E-state index in [4.69, 9.17) is 10.4 Å². The van der Waals surface area contributed by atoms with Gasteiger partial charge >= 0.3 is 0 Å². The Morgan fingerprint density at radius 1 is 0.391 bits per heavy atom. The summed E-state index contributed by atoms with van der Waals surface area (Å²) in [6.45, 7) is 0. The number of rotatable bonds is 4. The third kappa shape index (κ3) is 4.36. The van der Waals surface area contributed by atoms with Gasteiger partial charge in [-0.1, -0.05) is 115 Å². The van der Waals surface area contributed by atoms with Gasteiger partial charge in [0.15, 0.2) is 0 Å². The molecule has 0 aliphatic carbocycles. The van der Waals surface area contributed by atoms with Crippen LogP contribution in [0.1, 0.15) is 0 Å². The van der Waals surface area contributed by atoms with Crippen molar-refractivity contribution in [1.82, 2.24) is 30.0 Å². The van der Waals surface area contributed by atoms with E-state index in [1.807, 2.05) is 45.8 Å². The lowest BCUT2D eigenvalue weighted by Crippen LogP contribution is -2.06. The van der Waals surface area contributed by atoms with Crippen molar-refractivity contribution in [3.8, 4) is 33.6 Å². The first-order valence-corrected chi connectivity index (χ1v) is 16.4. The molecule has 0 aliphatic heterocycles. The number of nitrogens with zero attached hydrogens (tertiary/aromatic N) is 6. The van der Waals surface area contributed by atoms with Crippen LogP contribution in [0.15, 0.2) is 142 Å². The molecule has 8 heteroatoms. The van der Waals surface area contributed by atoms with Crippen LogP contribution in [0.5, 0.6) is 0 Å². The highest BCUT2D eigenvalue weighted by atomic mass is 79.9. The van der Waals surface area contributed by atoms with Crippen molar-refractivity contribution in [3.05, 3.63) is 142 Å². The zero-order chi connectivity index (χ0) is 30.8. The van der Waals surface area contributed by atoms with Gasteiger partial charge in [-0.05, 0) is 93.3 Å². The maximum atomic E-state index is 4.70. The van der Waals surface area contributed by atoms with Gasteiger partial charge in [-0.2, -0.15) is 0 Å². The van der Waals surface area contributed by atoms with E-state index in [0.29, 0.717) is 0 Å². The van der Waals surface area contributed by atoms with E-state index in [1.54, 1.807) is 0 Å². The van der Waals surface area contributed by atoms with Crippen molar-refractivity contribution in [2.24, 2.45) is 0 Å². The van der Waals surface area contributed by atoms with E-state index in [1.165, 1.54) is 0 Å². The summed E-state index contributed by atoms with van der Waals surface area (Å²) in [6.07, 6.45) is 0. The number of halogens is 2. The third-order valence-electron chi connectivity index (χ3n) is 8.53. The van der Waals surface area contributed by atoms with Crippen molar-refractivity contribution < 1.29 is 0 Å². The zero-order valence-corrected chi connectivity index (χ0v) is 27.3. The molecule has 0 N–H and O–H groups in total. The molecule has 218 valence electrons. The summed E-state index contributed by atoms with van der Waals surface area (Å²) in [5.74, 6) is 0. The molecule has 6 nitrogen and oxygen atoms in total. The van der Waals surface area contributed by atoms with E-state index < -0.39 is 0 Å². The molecule has 46 heavy (non-hydrogen) atoms. The molecule has 7 aromatic carbocycles. The standard InChI is InChI=1S/C38H22Br2N6/c39-31-19-25-11-3-1-9-23(25)17-27(31)29-21-38(46-36-16-8-6-14-34(36)42-44-46)30(28-18-24-10-2-4-12-26(24)20-32(28)40)22-37(29)45-35-15-7-5-13-33(35)41-43-45/h1-22H. The molecule has 0 saturated heterocycles. The van der Waals surface area contributed by atoms with Gasteiger partial charge in [-0.15, -0.1) is 10.2 Å². The minimum absolute atomic E-state index is 0.825. The van der Waals surface area contributed by atoms with E-state index in [-0.39, 0.29) is 0 Å². The topological polar surface area (TPSA) is 61.4 Å². The second-order valence-corrected chi connectivity index (χ2v) is 12.9. The molecular formula is C38H22Br2N6. The molecule has 0 aliphatic rings. The number of fused-ring (bicyclic) bond motifs is 4. The van der Waals surface area contributed by atoms with Crippen LogP contribution in [0.4, 0.5) is 0 Å². The van der Waals surface area contributed by atoms with Crippen molar-refractivity contribution in [3.63, 3.8) is 0 Å². The summed E-state index contributed by atoms with van der Waals surface area (Å²) >= 11 is 7.86. The minimum atomic E-state index is 0.825. The molecule has 2 heterocycles. The fourth-order valence-electron chi connectivity index (χ4n) is 6.29. The Morgan fingerprint density at radius 3 is 1.20 bits per heavy atom. The lowest BCUT2D eigenvalue weighted by molar-refractivity contribution is 0.815. The third-order valence-corrected chi connectivity index (χ3v) is 9.84. The average Bonchev–Trinajstić information content (AvgIpc) is 3.72. The molecule has 0 bridgehead atoms. The van der Waals surface area contributed by atoms with E-state index in [2.05, 4.69) is 139 Å². The summed E-state index contributed by atoms with van der Waals surface area (Å²) < 4.78 is 5.83. The quantitative estimate of drug-likeness (QED) is 0.182. The SMILES string of the molecule is Brc1cc2ccccc2cc1-c1cc(-n2nnc3ccccc32)c(-c2cc3ccccc3cc2Br)cc1-n1nnc2ccccc21. The number of aromatic nitrogens is 6. The highest BCUT2D eigenvalue weighted by molar-refractivity contribution is 9.11. The summed E-state index contributed by atoms with van der Waals surface area (Å²) in [5, 5.41) is 23.1. The highest BCUT2D eigenvalue weighted by Crippen LogP contribution is 2.43. The summed E-state index contributed by atoms with van der Waals surface area (Å²) in [4.78, 5) is 0. The van der Waals surface area contributed by atoms with E-state index >= 15 is 0 Å². The van der Waals surface area contributed by atoms with Gasteiger partial charge < -0.3 is 0 Å². The van der Waals surface area contributed by atoms with Gasteiger partial charge in [0.25, 0.3) is 0 Å². The average molecular weight is 722 g/mol. The molecule has 0 radical (unpaired) electrons. The van der Waals surface area contributed by atoms with Crippen molar-refractivity contribution in [2.45, 2.75) is 0 Å². The van der Waals surface area contributed by atoms with Gasteiger partial charge in [-0.25, -0.2) is 9.36 Å². The first kappa shape index (κ1) is 27.2. The first-order chi connectivity index (χ1) is 22.6. The van der Waals surface area contributed by atoms with Crippen LogP contribution in [0.3, 0.4) is 0 Å². The molecule has 9 rings (SSSR count). The first-order valence-electron chi connectivity index (χ1n) is 14.8. The fraction of sp³-hybridized carbons (Fsp3) is 0. The van der Waals surface area contributed by atoms with Crippen LogP contribution in [-0.2, 0) is 0 Å². The minimum Gasteiger partial charge on any atom is -0.212 e. The second-order valence-electron chi connectivity index (χ2n) is 11.2. The Bertz CT molecular complexity index is 2450. The van der Waals surface area contributed by atoms with E-state index in [0.717, 1.165) is 86.2 Å². The fourth-order valence-corrected chi connectivity index (χ4v) is 7.44. The summed E-state index contributed by atoms with van der Waals surface area (Å²) in [5.41, 5.74) is 9.29. The van der Waals surface area contributed by atoms with Gasteiger partial charge in [0.2, 0.25) is 0 Å². The molecule has 2 aromatic heterocycles. The van der Waals surface area contributed by atoms with E-state index in [9.17, 15) is 0 Å². The van der Waals surface area contributed by atoms with Crippen LogP contribution < -0.4 is 0 Å². The Balaban J connectivity index is 1.43.